The first-order valence-electron chi connectivity index (χ1n) is 4.98. The zero-order valence-corrected chi connectivity index (χ0v) is 7.94. The van der Waals surface area contributed by atoms with Gasteiger partial charge in [0.1, 0.15) is 5.82 Å². The Morgan fingerprint density at radius 2 is 2.57 bits per heavy atom. The lowest BCUT2D eigenvalue weighted by molar-refractivity contribution is 0.0963. The summed E-state index contributed by atoms with van der Waals surface area (Å²) in [7, 11) is 0. The van der Waals surface area contributed by atoms with Crippen molar-refractivity contribution in [2.75, 3.05) is 36.5 Å². The average molecular weight is 191 g/mol. The maximum atomic E-state index is 5.45. The third-order valence-corrected chi connectivity index (χ3v) is 2.83. The third-order valence-electron chi connectivity index (χ3n) is 2.83. The van der Waals surface area contributed by atoms with Gasteiger partial charge in [-0.1, -0.05) is 0 Å². The molecule has 1 aromatic rings. The molecule has 0 spiro atoms. The Labute approximate surface area is 82.9 Å². The number of pyridine rings is 1. The van der Waals surface area contributed by atoms with E-state index in [1.165, 1.54) is 5.69 Å². The number of ether oxygens (including phenoxy) is 1. The van der Waals surface area contributed by atoms with Crippen molar-refractivity contribution < 1.29 is 4.74 Å². The molecule has 0 aromatic carbocycles. The molecule has 1 saturated heterocycles. The minimum Gasteiger partial charge on any atom is -0.377 e. The molecule has 4 nitrogen and oxygen atoms in total. The highest BCUT2D eigenvalue weighted by atomic mass is 16.5. The third kappa shape index (κ3) is 1.14. The first kappa shape index (κ1) is 8.05. The number of nitrogens with zero attached hydrogens (tertiary/aromatic N) is 2. The summed E-state index contributed by atoms with van der Waals surface area (Å²) in [5, 5.41) is 3.33. The SMILES string of the molecule is c1cnc2c(c1)N1CCOCC1CN2. The number of morpholine rings is 1. The number of hydrogen-bond donors (Lipinski definition) is 1. The highest BCUT2D eigenvalue weighted by Gasteiger charge is 2.28. The standard InChI is InChI=1S/C10H13N3O/c1-2-9-10(11-3-1)12-6-8-7-14-5-4-13(8)9/h1-3,8H,4-7H2,(H,11,12). The van der Waals surface area contributed by atoms with Crippen molar-refractivity contribution in [3.8, 4) is 0 Å². The van der Waals surface area contributed by atoms with E-state index in [4.69, 9.17) is 4.74 Å². The van der Waals surface area contributed by atoms with Crippen molar-refractivity contribution in [3.63, 3.8) is 0 Å². The van der Waals surface area contributed by atoms with Crippen LogP contribution < -0.4 is 10.2 Å². The average Bonchev–Trinajstić information content (AvgIpc) is 2.29. The van der Waals surface area contributed by atoms with Gasteiger partial charge in [-0.3, -0.25) is 0 Å². The second kappa shape index (κ2) is 3.13. The molecule has 4 heteroatoms. The number of aromatic nitrogens is 1. The highest BCUT2D eigenvalue weighted by molar-refractivity contribution is 5.68. The van der Waals surface area contributed by atoms with Gasteiger partial charge in [0, 0.05) is 19.3 Å². The van der Waals surface area contributed by atoms with Crippen LogP contribution in [0.5, 0.6) is 0 Å². The van der Waals surface area contributed by atoms with E-state index in [0.29, 0.717) is 6.04 Å². The van der Waals surface area contributed by atoms with Crippen molar-refractivity contribution in [3.05, 3.63) is 18.3 Å². The van der Waals surface area contributed by atoms with E-state index >= 15 is 0 Å². The Hall–Kier alpha value is -1.29. The number of rotatable bonds is 0. The van der Waals surface area contributed by atoms with Gasteiger partial charge in [-0.05, 0) is 12.1 Å². The maximum absolute atomic E-state index is 5.45. The number of anilines is 2. The summed E-state index contributed by atoms with van der Waals surface area (Å²) < 4.78 is 5.45. The zero-order chi connectivity index (χ0) is 9.38. The molecule has 1 fully saturated rings. The molecule has 0 bridgehead atoms. The van der Waals surface area contributed by atoms with Gasteiger partial charge in [-0.2, -0.15) is 0 Å². The quantitative estimate of drug-likeness (QED) is 0.655. The summed E-state index contributed by atoms with van der Waals surface area (Å²) >= 11 is 0. The molecule has 2 aliphatic heterocycles. The van der Waals surface area contributed by atoms with Crippen LogP contribution in [0.1, 0.15) is 0 Å². The van der Waals surface area contributed by atoms with Gasteiger partial charge >= 0.3 is 0 Å². The van der Waals surface area contributed by atoms with Crippen LogP contribution in [0.15, 0.2) is 18.3 Å². The van der Waals surface area contributed by atoms with Gasteiger partial charge < -0.3 is 15.0 Å². The topological polar surface area (TPSA) is 37.4 Å². The fourth-order valence-electron chi connectivity index (χ4n) is 2.12. The van der Waals surface area contributed by atoms with Crippen LogP contribution in [0.2, 0.25) is 0 Å². The van der Waals surface area contributed by atoms with E-state index in [-0.39, 0.29) is 0 Å². The first-order valence-corrected chi connectivity index (χ1v) is 4.98. The largest absolute Gasteiger partial charge is 0.377 e. The summed E-state index contributed by atoms with van der Waals surface area (Å²) in [6.07, 6.45) is 1.83. The van der Waals surface area contributed by atoms with Crippen molar-refractivity contribution in [2.45, 2.75) is 6.04 Å². The van der Waals surface area contributed by atoms with Crippen LogP contribution in [-0.4, -0.2) is 37.3 Å². The summed E-state index contributed by atoms with van der Waals surface area (Å²) in [5.74, 6) is 1.01. The molecule has 3 heterocycles. The summed E-state index contributed by atoms with van der Waals surface area (Å²) in [6.45, 7) is 3.56. The molecule has 74 valence electrons. The Kier molecular flexibility index (Phi) is 1.80. The number of nitrogens with one attached hydrogen (secondary N) is 1. The maximum Gasteiger partial charge on any atom is 0.149 e. The fourth-order valence-corrected chi connectivity index (χ4v) is 2.12. The first-order chi connectivity index (χ1) is 6.95. The lowest BCUT2D eigenvalue weighted by atomic mass is 10.1. The predicted octanol–water partition coefficient (Wildman–Crippen LogP) is 0.712. The van der Waals surface area contributed by atoms with Gasteiger partial charge in [0.05, 0.1) is 24.9 Å². The van der Waals surface area contributed by atoms with E-state index in [2.05, 4.69) is 21.3 Å². The Bertz CT molecular complexity index is 342. The van der Waals surface area contributed by atoms with Crippen LogP contribution in [0.3, 0.4) is 0 Å². The molecule has 1 aromatic heterocycles. The van der Waals surface area contributed by atoms with Crippen LogP contribution in [0.25, 0.3) is 0 Å². The van der Waals surface area contributed by atoms with Crippen molar-refractivity contribution in [1.29, 1.82) is 0 Å². The molecule has 1 N–H and O–H groups in total. The summed E-state index contributed by atoms with van der Waals surface area (Å²) in [4.78, 5) is 6.71. The van der Waals surface area contributed by atoms with Gasteiger partial charge in [0.2, 0.25) is 0 Å². The molecule has 0 saturated carbocycles. The minimum atomic E-state index is 0.473. The zero-order valence-electron chi connectivity index (χ0n) is 7.94. The van der Waals surface area contributed by atoms with E-state index in [1.807, 2.05) is 12.3 Å². The lowest BCUT2D eigenvalue weighted by Gasteiger charge is -2.41. The Balaban J connectivity index is 1.99. The molecule has 0 radical (unpaired) electrons. The molecule has 2 aliphatic rings. The lowest BCUT2D eigenvalue weighted by Crippen LogP contribution is -2.51. The molecule has 0 aliphatic carbocycles. The molecular weight excluding hydrogens is 178 g/mol. The van der Waals surface area contributed by atoms with E-state index in [0.717, 1.165) is 32.1 Å². The number of fused-ring (bicyclic) bond motifs is 3. The van der Waals surface area contributed by atoms with Crippen molar-refractivity contribution >= 4 is 11.5 Å². The Morgan fingerprint density at radius 1 is 1.57 bits per heavy atom. The monoisotopic (exact) mass is 191 g/mol. The highest BCUT2D eigenvalue weighted by Crippen LogP contribution is 2.30. The molecular formula is C10H13N3O. The Morgan fingerprint density at radius 3 is 3.57 bits per heavy atom. The van der Waals surface area contributed by atoms with Crippen LogP contribution in [0, 0.1) is 0 Å². The van der Waals surface area contributed by atoms with E-state index < -0.39 is 0 Å². The second-order valence-electron chi connectivity index (χ2n) is 3.67. The normalized spacial score (nSPS) is 24.9. The molecule has 14 heavy (non-hydrogen) atoms. The number of hydrogen-bond acceptors (Lipinski definition) is 4. The van der Waals surface area contributed by atoms with E-state index in [1.54, 1.807) is 0 Å². The van der Waals surface area contributed by atoms with Crippen LogP contribution in [-0.2, 0) is 4.74 Å². The van der Waals surface area contributed by atoms with Crippen LogP contribution >= 0.6 is 0 Å². The predicted molar refractivity (Wildman–Crippen MR) is 54.7 cm³/mol. The smallest absolute Gasteiger partial charge is 0.149 e. The van der Waals surface area contributed by atoms with Gasteiger partial charge in [0.25, 0.3) is 0 Å². The van der Waals surface area contributed by atoms with Gasteiger partial charge in [-0.15, -0.1) is 0 Å². The van der Waals surface area contributed by atoms with Gasteiger partial charge in [-0.25, -0.2) is 4.98 Å². The van der Waals surface area contributed by atoms with Crippen molar-refractivity contribution in [2.24, 2.45) is 0 Å². The fraction of sp³-hybridized carbons (Fsp3) is 0.500. The van der Waals surface area contributed by atoms with Gasteiger partial charge in [0.15, 0.2) is 0 Å². The second-order valence-corrected chi connectivity index (χ2v) is 3.67. The summed E-state index contributed by atoms with van der Waals surface area (Å²) in [6, 6.07) is 4.57. The molecule has 1 atom stereocenters. The van der Waals surface area contributed by atoms with Crippen LogP contribution in [0.4, 0.5) is 11.5 Å². The molecule has 1 unspecified atom stereocenters. The molecule has 3 rings (SSSR count). The summed E-state index contributed by atoms with van der Waals surface area (Å²) in [5.41, 5.74) is 1.21. The minimum absolute atomic E-state index is 0.473. The van der Waals surface area contributed by atoms with Crippen molar-refractivity contribution in [1.82, 2.24) is 4.98 Å². The molecule has 0 amide bonds. The van der Waals surface area contributed by atoms with E-state index in [9.17, 15) is 0 Å².